The van der Waals surface area contributed by atoms with E-state index in [2.05, 4.69) is 10.3 Å². The van der Waals surface area contributed by atoms with Gasteiger partial charge in [-0.15, -0.1) is 0 Å². The van der Waals surface area contributed by atoms with Crippen LogP contribution in [0.5, 0.6) is 0 Å². The van der Waals surface area contributed by atoms with Crippen LogP contribution in [0, 0.1) is 6.92 Å². The predicted octanol–water partition coefficient (Wildman–Crippen LogP) is 2.81. The second-order valence-corrected chi connectivity index (χ2v) is 9.41. The molecule has 0 aliphatic carbocycles. The third-order valence-corrected chi connectivity index (χ3v) is 7.38. The van der Waals surface area contributed by atoms with Crippen LogP contribution < -0.4 is 5.32 Å². The molecule has 2 aliphatic rings. The Balaban J connectivity index is 1.39. The molecule has 0 bridgehead atoms. The Bertz CT molecular complexity index is 894. The van der Waals surface area contributed by atoms with Crippen LogP contribution in [-0.4, -0.2) is 49.0 Å². The molecule has 144 valence electrons. The van der Waals surface area contributed by atoms with Crippen molar-refractivity contribution < 1.29 is 13.2 Å². The van der Waals surface area contributed by atoms with Crippen LogP contribution in [0.15, 0.2) is 53.6 Å². The predicted molar refractivity (Wildman–Crippen MR) is 104 cm³/mol. The minimum atomic E-state index is -3.44. The maximum atomic E-state index is 12.9. The molecule has 6 nitrogen and oxygen atoms in total. The van der Waals surface area contributed by atoms with E-state index >= 15 is 0 Å². The SMILES string of the molecule is Cc1cccc(S(=O)(=O)N2CCC3(CC2)CC(Nc2ccccn2)CO3)c1. The van der Waals surface area contributed by atoms with Crippen LogP contribution in [0.4, 0.5) is 5.82 Å². The van der Waals surface area contributed by atoms with Crippen molar-refractivity contribution in [2.45, 2.75) is 42.7 Å². The smallest absolute Gasteiger partial charge is 0.243 e. The van der Waals surface area contributed by atoms with Crippen molar-refractivity contribution in [3.8, 4) is 0 Å². The third kappa shape index (κ3) is 3.85. The Kier molecular flexibility index (Phi) is 4.92. The quantitative estimate of drug-likeness (QED) is 0.873. The van der Waals surface area contributed by atoms with E-state index in [0.717, 1.165) is 30.6 Å². The fraction of sp³-hybridized carbons (Fsp3) is 0.450. The lowest BCUT2D eigenvalue weighted by Crippen LogP contribution is -2.46. The molecule has 2 aliphatic heterocycles. The minimum absolute atomic E-state index is 0.208. The van der Waals surface area contributed by atoms with Gasteiger partial charge in [-0.2, -0.15) is 4.31 Å². The zero-order valence-electron chi connectivity index (χ0n) is 15.5. The zero-order chi connectivity index (χ0) is 18.9. The van der Waals surface area contributed by atoms with Crippen molar-refractivity contribution in [1.29, 1.82) is 0 Å². The molecule has 0 saturated carbocycles. The van der Waals surface area contributed by atoms with Crippen LogP contribution in [0.1, 0.15) is 24.8 Å². The molecular formula is C20H25N3O3S. The van der Waals surface area contributed by atoms with Gasteiger partial charge in [0.05, 0.1) is 23.1 Å². The molecule has 0 amide bonds. The van der Waals surface area contributed by atoms with Crippen molar-refractivity contribution in [2.75, 3.05) is 25.0 Å². The van der Waals surface area contributed by atoms with Crippen LogP contribution in [0.25, 0.3) is 0 Å². The van der Waals surface area contributed by atoms with Gasteiger partial charge >= 0.3 is 0 Å². The molecule has 1 aromatic carbocycles. The third-order valence-electron chi connectivity index (χ3n) is 5.49. The molecule has 1 atom stereocenters. The van der Waals surface area contributed by atoms with E-state index in [9.17, 15) is 8.42 Å². The van der Waals surface area contributed by atoms with Crippen molar-refractivity contribution in [3.63, 3.8) is 0 Å². The molecule has 4 rings (SSSR count). The van der Waals surface area contributed by atoms with Gasteiger partial charge in [0.25, 0.3) is 0 Å². The van der Waals surface area contributed by atoms with Crippen molar-refractivity contribution in [3.05, 3.63) is 54.2 Å². The number of aryl methyl sites for hydroxylation is 1. The summed E-state index contributed by atoms with van der Waals surface area (Å²) < 4.78 is 33.6. The Morgan fingerprint density at radius 1 is 1.19 bits per heavy atom. The second-order valence-electron chi connectivity index (χ2n) is 7.47. The van der Waals surface area contributed by atoms with Crippen LogP contribution in [0.3, 0.4) is 0 Å². The van der Waals surface area contributed by atoms with E-state index in [1.54, 1.807) is 28.7 Å². The molecule has 1 N–H and O–H groups in total. The lowest BCUT2D eigenvalue weighted by molar-refractivity contribution is -0.0310. The number of nitrogens with zero attached hydrogens (tertiary/aromatic N) is 2. The van der Waals surface area contributed by atoms with Gasteiger partial charge in [-0.25, -0.2) is 13.4 Å². The molecule has 2 fully saturated rings. The molecule has 27 heavy (non-hydrogen) atoms. The molecule has 0 radical (unpaired) electrons. The standard InChI is InChI=1S/C20H25N3O3S/c1-16-5-4-6-18(13-16)27(24,25)23-11-8-20(9-12-23)14-17(15-26-20)22-19-7-2-3-10-21-19/h2-7,10,13,17H,8-9,11-12,14-15H2,1H3,(H,21,22). The molecule has 3 heterocycles. The molecular weight excluding hydrogens is 362 g/mol. The summed E-state index contributed by atoms with van der Waals surface area (Å²) in [5.41, 5.74) is 0.720. The first-order valence-corrected chi connectivity index (χ1v) is 10.8. The number of benzene rings is 1. The van der Waals surface area contributed by atoms with E-state index in [1.807, 2.05) is 31.2 Å². The number of rotatable bonds is 4. The molecule has 1 unspecified atom stereocenters. The number of aromatic nitrogens is 1. The number of piperidine rings is 1. The maximum Gasteiger partial charge on any atom is 0.243 e. The second kappa shape index (κ2) is 7.22. The maximum absolute atomic E-state index is 12.9. The zero-order valence-corrected chi connectivity index (χ0v) is 16.3. The first-order chi connectivity index (χ1) is 13.0. The number of pyridine rings is 1. The summed E-state index contributed by atoms with van der Waals surface area (Å²) in [6, 6.07) is 13.1. The summed E-state index contributed by atoms with van der Waals surface area (Å²) in [6.45, 7) is 3.52. The van der Waals surface area contributed by atoms with Gasteiger partial charge in [-0.1, -0.05) is 18.2 Å². The first kappa shape index (κ1) is 18.4. The van der Waals surface area contributed by atoms with E-state index in [0.29, 0.717) is 24.6 Å². The summed E-state index contributed by atoms with van der Waals surface area (Å²) in [5.74, 6) is 0.850. The number of anilines is 1. The fourth-order valence-electron chi connectivity index (χ4n) is 4.00. The minimum Gasteiger partial charge on any atom is -0.373 e. The number of hydrogen-bond acceptors (Lipinski definition) is 5. The number of hydrogen-bond donors (Lipinski definition) is 1. The summed E-state index contributed by atoms with van der Waals surface area (Å²) >= 11 is 0. The Morgan fingerprint density at radius 2 is 2.00 bits per heavy atom. The molecule has 2 aromatic rings. The molecule has 1 aromatic heterocycles. The van der Waals surface area contributed by atoms with Crippen molar-refractivity contribution in [1.82, 2.24) is 9.29 Å². The van der Waals surface area contributed by atoms with Gasteiger partial charge in [-0.3, -0.25) is 0 Å². The average Bonchev–Trinajstić information content (AvgIpc) is 3.05. The Morgan fingerprint density at radius 3 is 2.70 bits per heavy atom. The fourth-order valence-corrected chi connectivity index (χ4v) is 5.55. The first-order valence-electron chi connectivity index (χ1n) is 9.35. The van der Waals surface area contributed by atoms with Gasteiger partial charge < -0.3 is 10.1 Å². The highest BCUT2D eigenvalue weighted by Crippen LogP contribution is 2.38. The van der Waals surface area contributed by atoms with Gasteiger partial charge in [0, 0.05) is 19.3 Å². The Hall–Kier alpha value is -1.96. The lowest BCUT2D eigenvalue weighted by atomic mass is 9.88. The number of nitrogens with one attached hydrogen (secondary N) is 1. The van der Waals surface area contributed by atoms with Crippen molar-refractivity contribution in [2.24, 2.45) is 0 Å². The summed E-state index contributed by atoms with van der Waals surface area (Å²) in [5, 5.41) is 3.42. The van der Waals surface area contributed by atoms with E-state index in [4.69, 9.17) is 4.74 Å². The summed E-state index contributed by atoms with van der Waals surface area (Å²) in [7, 11) is -3.44. The normalized spacial score (nSPS) is 22.8. The van der Waals surface area contributed by atoms with Gasteiger partial charge in [0.2, 0.25) is 10.0 Å². The molecule has 7 heteroatoms. The highest BCUT2D eigenvalue weighted by molar-refractivity contribution is 7.89. The van der Waals surface area contributed by atoms with E-state index in [-0.39, 0.29) is 11.6 Å². The Labute approximate surface area is 160 Å². The highest BCUT2D eigenvalue weighted by atomic mass is 32.2. The topological polar surface area (TPSA) is 71.5 Å². The largest absolute Gasteiger partial charge is 0.373 e. The molecule has 1 spiro atoms. The van der Waals surface area contributed by atoms with Crippen LogP contribution in [0.2, 0.25) is 0 Å². The summed E-state index contributed by atoms with van der Waals surface area (Å²) in [6.07, 6.45) is 4.08. The lowest BCUT2D eigenvalue weighted by Gasteiger charge is -2.38. The average molecular weight is 388 g/mol. The van der Waals surface area contributed by atoms with Gasteiger partial charge in [0.1, 0.15) is 5.82 Å². The molecule has 2 saturated heterocycles. The number of sulfonamides is 1. The monoisotopic (exact) mass is 387 g/mol. The highest BCUT2D eigenvalue weighted by Gasteiger charge is 2.44. The van der Waals surface area contributed by atoms with E-state index < -0.39 is 10.0 Å². The van der Waals surface area contributed by atoms with Crippen LogP contribution >= 0.6 is 0 Å². The van der Waals surface area contributed by atoms with Crippen LogP contribution in [-0.2, 0) is 14.8 Å². The van der Waals surface area contributed by atoms with E-state index in [1.165, 1.54) is 0 Å². The van der Waals surface area contributed by atoms with Crippen molar-refractivity contribution >= 4 is 15.8 Å². The van der Waals surface area contributed by atoms with Gasteiger partial charge in [0.15, 0.2) is 0 Å². The number of ether oxygens (including phenoxy) is 1. The van der Waals surface area contributed by atoms with Gasteiger partial charge in [-0.05, 0) is 56.0 Å². The summed E-state index contributed by atoms with van der Waals surface area (Å²) in [4.78, 5) is 4.68.